The minimum Gasteiger partial charge on any atom is -0.481 e. The Balaban J connectivity index is 2.02. The van der Waals surface area contributed by atoms with Crippen LogP contribution in [0.1, 0.15) is 35.3 Å². The van der Waals surface area contributed by atoms with E-state index in [4.69, 9.17) is 4.74 Å². The maximum Gasteiger partial charge on any atom is 0.265 e. The summed E-state index contributed by atoms with van der Waals surface area (Å²) in [6, 6.07) is 12.7. The number of rotatable bonds is 5. The van der Waals surface area contributed by atoms with Crippen molar-refractivity contribution in [3.63, 3.8) is 0 Å². The molecule has 0 bridgehead atoms. The van der Waals surface area contributed by atoms with E-state index in [0.717, 1.165) is 16.8 Å². The molecular weight excluding hydrogens is 290 g/mol. The van der Waals surface area contributed by atoms with Crippen LogP contribution in [0.3, 0.4) is 0 Å². The number of amides is 1. The summed E-state index contributed by atoms with van der Waals surface area (Å²) >= 11 is 0. The molecule has 1 amide bonds. The smallest absolute Gasteiger partial charge is 0.265 e. The molecule has 2 rings (SSSR count). The predicted molar refractivity (Wildman–Crippen MR) is 91.1 cm³/mol. The van der Waals surface area contributed by atoms with Crippen molar-refractivity contribution in [1.82, 2.24) is 0 Å². The summed E-state index contributed by atoms with van der Waals surface area (Å²) in [5.41, 5.74) is 3.49. The van der Waals surface area contributed by atoms with Crippen molar-refractivity contribution >= 4 is 17.4 Å². The zero-order valence-electron chi connectivity index (χ0n) is 13.8. The maximum atomic E-state index is 12.3. The Kier molecular flexibility index (Phi) is 5.16. The summed E-state index contributed by atoms with van der Waals surface area (Å²) in [6.07, 6.45) is -0.641. The Morgan fingerprint density at radius 2 is 1.70 bits per heavy atom. The Morgan fingerprint density at radius 3 is 2.30 bits per heavy atom. The lowest BCUT2D eigenvalue weighted by atomic mass is 10.1. The van der Waals surface area contributed by atoms with Crippen LogP contribution < -0.4 is 10.1 Å². The van der Waals surface area contributed by atoms with Gasteiger partial charge in [-0.25, -0.2) is 0 Å². The van der Waals surface area contributed by atoms with Crippen molar-refractivity contribution in [1.29, 1.82) is 0 Å². The topological polar surface area (TPSA) is 55.4 Å². The molecule has 0 radical (unpaired) electrons. The number of Topliss-reactive ketones (excluding diaryl/α,β-unsaturated/α-hetero) is 1. The SMILES string of the molecule is CC(=O)c1ccc(OC(C)C(=O)Nc2cc(C)ccc2C)cc1. The highest BCUT2D eigenvalue weighted by Gasteiger charge is 2.16. The average molecular weight is 311 g/mol. The largest absolute Gasteiger partial charge is 0.481 e. The second kappa shape index (κ2) is 7.09. The van der Waals surface area contributed by atoms with Crippen LogP contribution in [0.4, 0.5) is 5.69 Å². The number of anilines is 1. The molecule has 0 aromatic heterocycles. The molecule has 23 heavy (non-hydrogen) atoms. The van der Waals surface area contributed by atoms with E-state index in [0.29, 0.717) is 11.3 Å². The van der Waals surface area contributed by atoms with Gasteiger partial charge in [0.05, 0.1) is 0 Å². The second-order valence-electron chi connectivity index (χ2n) is 5.65. The molecule has 0 saturated carbocycles. The van der Waals surface area contributed by atoms with Crippen LogP contribution in [-0.4, -0.2) is 17.8 Å². The van der Waals surface area contributed by atoms with Crippen LogP contribution in [0.2, 0.25) is 0 Å². The van der Waals surface area contributed by atoms with Crippen molar-refractivity contribution in [3.05, 3.63) is 59.2 Å². The van der Waals surface area contributed by atoms with Crippen molar-refractivity contribution in [2.45, 2.75) is 33.8 Å². The summed E-state index contributed by atoms with van der Waals surface area (Å²) in [4.78, 5) is 23.5. The first kappa shape index (κ1) is 16.7. The van der Waals surface area contributed by atoms with Crippen molar-refractivity contribution in [2.75, 3.05) is 5.32 Å². The van der Waals surface area contributed by atoms with Gasteiger partial charge in [0.15, 0.2) is 11.9 Å². The number of ether oxygens (including phenoxy) is 1. The van der Waals surface area contributed by atoms with E-state index in [9.17, 15) is 9.59 Å². The molecule has 0 saturated heterocycles. The Hall–Kier alpha value is -2.62. The van der Waals surface area contributed by atoms with Crippen LogP contribution in [-0.2, 0) is 4.79 Å². The highest BCUT2D eigenvalue weighted by molar-refractivity contribution is 5.95. The van der Waals surface area contributed by atoms with Gasteiger partial charge in [-0.2, -0.15) is 0 Å². The van der Waals surface area contributed by atoms with Crippen molar-refractivity contribution in [3.8, 4) is 5.75 Å². The van der Waals surface area contributed by atoms with Gasteiger partial charge in [-0.15, -0.1) is 0 Å². The third-order valence-electron chi connectivity index (χ3n) is 3.59. The third-order valence-corrected chi connectivity index (χ3v) is 3.59. The monoisotopic (exact) mass is 311 g/mol. The van der Waals surface area contributed by atoms with E-state index in [1.54, 1.807) is 31.2 Å². The number of carbonyl (C=O) groups is 2. The maximum absolute atomic E-state index is 12.3. The molecule has 2 aromatic carbocycles. The Labute approximate surface area is 136 Å². The molecule has 4 heteroatoms. The summed E-state index contributed by atoms with van der Waals surface area (Å²) in [6.45, 7) is 7.13. The van der Waals surface area contributed by atoms with Gasteiger partial charge in [0.1, 0.15) is 5.75 Å². The summed E-state index contributed by atoms with van der Waals surface area (Å²) in [5.74, 6) is 0.338. The average Bonchev–Trinajstić information content (AvgIpc) is 2.51. The first-order chi connectivity index (χ1) is 10.9. The molecule has 4 nitrogen and oxygen atoms in total. The van der Waals surface area contributed by atoms with Gasteiger partial charge in [-0.05, 0) is 69.2 Å². The molecule has 0 heterocycles. The number of hydrogen-bond donors (Lipinski definition) is 1. The highest BCUT2D eigenvalue weighted by atomic mass is 16.5. The zero-order chi connectivity index (χ0) is 17.0. The van der Waals surface area contributed by atoms with Crippen LogP contribution in [0.25, 0.3) is 0 Å². The molecule has 0 aliphatic heterocycles. The van der Waals surface area contributed by atoms with E-state index >= 15 is 0 Å². The number of hydrogen-bond acceptors (Lipinski definition) is 3. The standard InChI is InChI=1S/C19H21NO3/c1-12-5-6-13(2)18(11-12)20-19(22)15(4)23-17-9-7-16(8-10-17)14(3)21/h5-11,15H,1-4H3,(H,20,22). The number of aryl methyl sites for hydroxylation is 2. The molecule has 0 spiro atoms. The molecule has 1 unspecified atom stereocenters. The second-order valence-corrected chi connectivity index (χ2v) is 5.65. The van der Waals surface area contributed by atoms with Crippen molar-refractivity contribution < 1.29 is 14.3 Å². The molecular formula is C19H21NO3. The van der Waals surface area contributed by atoms with Crippen LogP contribution >= 0.6 is 0 Å². The fourth-order valence-corrected chi connectivity index (χ4v) is 2.13. The van der Waals surface area contributed by atoms with Gasteiger partial charge in [0.2, 0.25) is 0 Å². The molecule has 2 aromatic rings. The Bertz CT molecular complexity index is 720. The van der Waals surface area contributed by atoms with Gasteiger partial charge in [-0.3, -0.25) is 9.59 Å². The number of ketones is 1. The van der Waals surface area contributed by atoms with E-state index in [1.165, 1.54) is 6.92 Å². The lowest BCUT2D eigenvalue weighted by molar-refractivity contribution is -0.122. The highest BCUT2D eigenvalue weighted by Crippen LogP contribution is 2.18. The van der Waals surface area contributed by atoms with Gasteiger partial charge in [-0.1, -0.05) is 12.1 Å². The quantitative estimate of drug-likeness (QED) is 0.852. The minimum atomic E-state index is -0.641. The lowest BCUT2D eigenvalue weighted by Crippen LogP contribution is -2.30. The van der Waals surface area contributed by atoms with Crippen LogP contribution in [0.5, 0.6) is 5.75 Å². The molecule has 1 N–H and O–H groups in total. The van der Waals surface area contributed by atoms with E-state index in [-0.39, 0.29) is 11.7 Å². The van der Waals surface area contributed by atoms with Crippen molar-refractivity contribution in [2.24, 2.45) is 0 Å². The Morgan fingerprint density at radius 1 is 1.04 bits per heavy atom. The van der Waals surface area contributed by atoms with E-state index < -0.39 is 6.10 Å². The lowest BCUT2D eigenvalue weighted by Gasteiger charge is -2.16. The first-order valence-electron chi connectivity index (χ1n) is 7.52. The summed E-state index contributed by atoms with van der Waals surface area (Å²) in [5, 5.41) is 2.88. The van der Waals surface area contributed by atoms with Gasteiger partial charge >= 0.3 is 0 Å². The zero-order valence-corrected chi connectivity index (χ0v) is 13.8. The first-order valence-corrected chi connectivity index (χ1v) is 7.52. The number of benzene rings is 2. The number of carbonyl (C=O) groups excluding carboxylic acids is 2. The fraction of sp³-hybridized carbons (Fsp3) is 0.263. The van der Waals surface area contributed by atoms with E-state index in [2.05, 4.69) is 5.32 Å². The molecule has 0 fully saturated rings. The fourth-order valence-electron chi connectivity index (χ4n) is 2.13. The molecule has 120 valence electrons. The van der Waals surface area contributed by atoms with Gasteiger partial charge < -0.3 is 10.1 Å². The number of nitrogens with one attached hydrogen (secondary N) is 1. The van der Waals surface area contributed by atoms with Crippen LogP contribution in [0, 0.1) is 13.8 Å². The summed E-state index contributed by atoms with van der Waals surface area (Å²) in [7, 11) is 0. The van der Waals surface area contributed by atoms with Gasteiger partial charge in [0.25, 0.3) is 5.91 Å². The van der Waals surface area contributed by atoms with Crippen LogP contribution in [0.15, 0.2) is 42.5 Å². The molecule has 0 aliphatic rings. The van der Waals surface area contributed by atoms with E-state index in [1.807, 2.05) is 32.0 Å². The minimum absolute atomic E-state index is 0.00253. The summed E-state index contributed by atoms with van der Waals surface area (Å²) < 4.78 is 5.63. The van der Waals surface area contributed by atoms with Gasteiger partial charge in [0, 0.05) is 11.3 Å². The third kappa shape index (κ3) is 4.42. The predicted octanol–water partition coefficient (Wildman–Crippen LogP) is 3.91. The normalized spacial score (nSPS) is 11.7. The molecule has 1 atom stereocenters. The molecule has 0 aliphatic carbocycles.